The maximum atomic E-state index is 12.9. The van der Waals surface area contributed by atoms with Gasteiger partial charge in [0.25, 0.3) is 5.91 Å². The molecule has 1 aromatic heterocycles. The van der Waals surface area contributed by atoms with Crippen molar-refractivity contribution < 1.29 is 19.1 Å². The fourth-order valence-corrected chi connectivity index (χ4v) is 4.14. The Morgan fingerprint density at radius 1 is 1.36 bits per heavy atom. The number of amides is 2. The summed E-state index contributed by atoms with van der Waals surface area (Å²) >= 11 is 1.53. The van der Waals surface area contributed by atoms with E-state index in [0.717, 1.165) is 29.8 Å². The molecule has 2 aliphatic rings. The second-order valence-electron chi connectivity index (χ2n) is 7.00. The second-order valence-corrected chi connectivity index (χ2v) is 7.72. The molecule has 2 atom stereocenters. The molecule has 1 saturated heterocycles. The standard InChI is InChI=1S/C20H23N3O4S/c1-26-16-6-2-13(3-7-16)18-19(27-10-17(24)23(18)15-4-5-15)20(25)21-9-8-14-11-28-12-22-14/h2-3,6-7,11-12,15,18-19H,4-5,8-10H2,1H3,(H,21,25)/t18-,19+/m1/s1. The molecule has 1 aliphatic carbocycles. The van der Waals surface area contributed by atoms with Crippen molar-refractivity contribution >= 4 is 23.2 Å². The molecule has 0 unspecified atom stereocenters. The van der Waals surface area contributed by atoms with Crippen molar-refractivity contribution in [2.24, 2.45) is 0 Å². The summed E-state index contributed by atoms with van der Waals surface area (Å²) in [6, 6.07) is 7.24. The van der Waals surface area contributed by atoms with Gasteiger partial charge in [-0.15, -0.1) is 11.3 Å². The molecular formula is C20H23N3O4S. The van der Waals surface area contributed by atoms with E-state index in [1.165, 1.54) is 11.3 Å². The van der Waals surface area contributed by atoms with Gasteiger partial charge in [-0.3, -0.25) is 9.59 Å². The molecule has 0 radical (unpaired) electrons. The van der Waals surface area contributed by atoms with Crippen molar-refractivity contribution in [2.75, 3.05) is 20.3 Å². The van der Waals surface area contributed by atoms with E-state index >= 15 is 0 Å². The Labute approximate surface area is 167 Å². The molecule has 7 nitrogen and oxygen atoms in total. The van der Waals surface area contributed by atoms with Crippen molar-refractivity contribution in [1.82, 2.24) is 15.2 Å². The van der Waals surface area contributed by atoms with Gasteiger partial charge >= 0.3 is 0 Å². The summed E-state index contributed by atoms with van der Waals surface area (Å²) in [4.78, 5) is 31.5. The predicted molar refractivity (Wildman–Crippen MR) is 104 cm³/mol. The molecule has 1 aliphatic heterocycles. The molecule has 148 valence electrons. The van der Waals surface area contributed by atoms with Crippen molar-refractivity contribution in [3.63, 3.8) is 0 Å². The highest BCUT2D eigenvalue weighted by molar-refractivity contribution is 7.07. The van der Waals surface area contributed by atoms with Crippen LogP contribution in [-0.2, 0) is 20.7 Å². The van der Waals surface area contributed by atoms with Gasteiger partial charge in [-0.05, 0) is 30.5 Å². The van der Waals surface area contributed by atoms with E-state index < -0.39 is 12.1 Å². The van der Waals surface area contributed by atoms with Crippen molar-refractivity contribution in [2.45, 2.75) is 37.5 Å². The number of thiazole rings is 1. The van der Waals surface area contributed by atoms with E-state index in [2.05, 4.69) is 10.3 Å². The molecule has 4 rings (SSSR count). The zero-order chi connectivity index (χ0) is 19.5. The van der Waals surface area contributed by atoms with Gasteiger partial charge in [-0.2, -0.15) is 0 Å². The number of rotatable bonds is 7. The molecule has 2 aromatic rings. The normalized spacial score (nSPS) is 22.2. The summed E-state index contributed by atoms with van der Waals surface area (Å²) in [5, 5.41) is 4.91. The van der Waals surface area contributed by atoms with Crippen LogP contribution in [0.5, 0.6) is 5.75 Å². The summed E-state index contributed by atoms with van der Waals surface area (Å²) in [5.41, 5.74) is 3.61. The van der Waals surface area contributed by atoms with E-state index in [1.807, 2.05) is 34.5 Å². The Morgan fingerprint density at radius 3 is 2.79 bits per heavy atom. The van der Waals surface area contributed by atoms with Crippen LogP contribution in [0.25, 0.3) is 0 Å². The number of nitrogens with zero attached hydrogens (tertiary/aromatic N) is 2. The molecule has 2 heterocycles. The fourth-order valence-electron chi connectivity index (χ4n) is 3.54. The number of nitrogens with one attached hydrogen (secondary N) is 1. The molecule has 8 heteroatoms. The molecule has 1 aromatic carbocycles. The van der Waals surface area contributed by atoms with Gasteiger partial charge in [-0.1, -0.05) is 12.1 Å². The number of aromatic nitrogens is 1. The molecule has 1 saturated carbocycles. The highest BCUT2D eigenvalue weighted by Crippen LogP contribution is 2.39. The maximum absolute atomic E-state index is 12.9. The molecule has 0 bridgehead atoms. The average molecular weight is 401 g/mol. The van der Waals surface area contributed by atoms with Gasteiger partial charge in [0.05, 0.1) is 24.4 Å². The Morgan fingerprint density at radius 2 is 2.14 bits per heavy atom. The van der Waals surface area contributed by atoms with Crippen molar-refractivity contribution in [3.05, 3.63) is 46.4 Å². The van der Waals surface area contributed by atoms with Crippen LogP contribution in [-0.4, -0.2) is 54.1 Å². The molecule has 2 fully saturated rings. The molecule has 28 heavy (non-hydrogen) atoms. The number of methoxy groups -OCH3 is 1. The first-order valence-corrected chi connectivity index (χ1v) is 10.3. The Hall–Kier alpha value is -2.45. The fraction of sp³-hybridized carbons (Fsp3) is 0.450. The van der Waals surface area contributed by atoms with Gasteiger partial charge in [0.2, 0.25) is 5.91 Å². The minimum absolute atomic E-state index is 0.0603. The van der Waals surface area contributed by atoms with E-state index in [1.54, 1.807) is 12.6 Å². The lowest BCUT2D eigenvalue weighted by atomic mass is 9.96. The van der Waals surface area contributed by atoms with Gasteiger partial charge in [0.1, 0.15) is 12.4 Å². The summed E-state index contributed by atoms with van der Waals surface area (Å²) in [7, 11) is 1.61. The summed E-state index contributed by atoms with van der Waals surface area (Å²) in [5.74, 6) is 0.470. The highest BCUT2D eigenvalue weighted by Gasteiger charge is 2.47. The summed E-state index contributed by atoms with van der Waals surface area (Å²) in [6.07, 6.45) is 1.87. The predicted octanol–water partition coefficient (Wildman–Crippen LogP) is 1.94. The smallest absolute Gasteiger partial charge is 0.251 e. The summed E-state index contributed by atoms with van der Waals surface area (Å²) in [6.45, 7) is 0.419. The lowest BCUT2D eigenvalue weighted by molar-refractivity contribution is -0.165. The van der Waals surface area contributed by atoms with Gasteiger partial charge in [-0.25, -0.2) is 4.98 Å². The number of benzene rings is 1. The molecule has 1 N–H and O–H groups in total. The van der Waals surface area contributed by atoms with Crippen LogP contribution in [0.2, 0.25) is 0 Å². The number of ether oxygens (including phenoxy) is 2. The summed E-state index contributed by atoms with van der Waals surface area (Å²) < 4.78 is 11.0. The van der Waals surface area contributed by atoms with Crippen LogP contribution in [0.4, 0.5) is 0 Å². The van der Waals surface area contributed by atoms with Crippen molar-refractivity contribution in [1.29, 1.82) is 0 Å². The van der Waals surface area contributed by atoms with Crippen LogP contribution in [0, 0.1) is 0 Å². The maximum Gasteiger partial charge on any atom is 0.251 e. The molecule has 2 amide bonds. The number of morpholine rings is 1. The highest BCUT2D eigenvalue weighted by atomic mass is 32.1. The largest absolute Gasteiger partial charge is 0.497 e. The van der Waals surface area contributed by atoms with Crippen LogP contribution in [0.15, 0.2) is 35.2 Å². The Balaban J connectivity index is 1.52. The third-order valence-corrected chi connectivity index (χ3v) is 5.72. The van der Waals surface area contributed by atoms with Gasteiger partial charge in [0.15, 0.2) is 6.10 Å². The molecule has 0 spiro atoms. The van der Waals surface area contributed by atoms with E-state index in [0.29, 0.717) is 13.0 Å². The lowest BCUT2D eigenvalue weighted by Gasteiger charge is -2.40. The minimum Gasteiger partial charge on any atom is -0.497 e. The van der Waals surface area contributed by atoms with Crippen LogP contribution in [0.3, 0.4) is 0 Å². The van der Waals surface area contributed by atoms with E-state index in [4.69, 9.17) is 9.47 Å². The minimum atomic E-state index is -0.734. The number of hydrogen-bond donors (Lipinski definition) is 1. The monoisotopic (exact) mass is 401 g/mol. The van der Waals surface area contributed by atoms with E-state index in [9.17, 15) is 9.59 Å². The average Bonchev–Trinajstić information content (AvgIpc) is 3.42. The number of carbonyl (C=O) groups is 2. The first kappa shape index (κ1) is 18.9. The van der Waals surface area contributed by atoms with Crippen LogP contribution in [0.1, 0.15) is 30.1 Å². The third kappa shape index (κ3) is 4.02. The Kier molecular flexibility index (Phi) is 5.59. The first-order chi connectivity index (χ1) is 13.7. The van der Waals surface area contributed by atoms with Gasteiger partial charge < -0.3 is 19.7 Å². The zero-order valence-corrected chi connectivity index (χ0v) is 16.5. The van der Waals surface area contributed by atoms with Crippen LogP contribution >= 0.6 is 11.3 Å². The quantitative estimate of drug-likeness (QED) is 0.767. The topological polar surface area (TPSA) is 80.8 Å². The lowest BCUT2D eigenvalue weighted by Crippen LogP contribution is -2.55. The first-order valence-electron chi connectivity index (χ1n) is 9.39. The molecular weight excluding hydrogens is 378 g/mol. The third-order valence-electron chi connectivity index (χ3n) is 5.08. The SMILES string of the molecule is COc1ccc([C@@H]2[C@@H](C(=O)NCCc3cscn3)OCC(=O)N2C2CC2)cc1. The number of carbonyl (C=O) groups excluding carboxylic acids is 2. The van der Waals surface area contributed by atoms with Gasteiger partial charge in [0, 0.05) is 24.4 Å². The Bertz CT molecular complexity index is 820. The number of hydrogen-bond acceptors (Lipinski definition) is 6. The van der Waals surface area contributed by atoms with Crippen LogP contribution < -0.4 is 10.1 Å². The van der Waals surface area contributed by atoms with E-state index in [-0.39, 0.29) is 24.5 Å². The second kappa shape index (κ2) is 8.28. The zero-order valence-electron chi connectivity index (χ0n) is 15.7. The van der Waals surface area contributed by atoms with Crippen molar-refractivity contribution in [3.8, 4) is 5.75 Å².